The van der Waals surface area contributed by atoms with Gasteiger partial charge in [-0.25, -0.2) is 4.39 Å². The van der Waals surface area contributed by atoms with E-state index in [1.165, 1.54) is 17.2 Å². The van der Waals surface area contributed by atoms with E-state index in [1.807, 2.05) is 6.92 Å². The molecule has 0 aliphatic heterocycles. The Bertz CT molecular complexity index is 451. The summed E-state index contributed by atoms with van der Waals surface area (Å²) in [6, 6.07) is 0.570. The lowest BCUT2D eigenvalue weighted by Gasteiger charge is -2.20. The quantitative estimate of drug-likeness (QED) is 0.864. The van der Waals surface area contributed by atoms with Crippen molar-refractivity contribution in [2.75, 3.05) is 13.6 Å². The fraction of sp³-hybridized carbons (Fsp3) is 0.417. The molecule has 0 saturated carbocycles. The lowest BCUT2D eigenvalue weighted by atomic mass is 10.2. The SMILES string of the molecule is CCN(C)C(=O)C(C)NC(=O)c1ccncc1F. The van der Waals surface area contributed by atoms with Gasteiger partial charge in [-0.2, -0.15) is 0 Å². The average Bonchev–Trinajstić information content (AvgIpc) is 2.37. The number of likely N-dealkylation sites (N-methyl/N-ethyl adjacent to an activating group) is 1. The topological polar surface area (TPSA) is 62.3 Å². The van der Waals surface area contributed by atoms with Gasteiger partial charge in [0.15, 0.2) is 5.82 Å². The molecule has 0 aromatic carbocycles. The first-order valence-corrected chi connectivity index (χ1v) is 5.62. The molecule has 1 rings (SSSR count). The van der Waals surface area contributed by atoms with Crippen molar-refractivity contribution in [3.05, 3.63) is 29.8 Å². The Labute approximate surface area is 105 Å². The molecule has 1 unspecified atom stereocenters. The van der Waals surface area contributed by atoms with Crippen LogP contribution in [0.3, 0.4) is 0 Å². The summed E-state index contributed by atoms with van der Waals surface area (Å²) in [6.07, 6.45) is 2.28. The van der Waals surface area contributed by atoms with Crippen molar-refractivity contribution < 1.29 is 14.0 Å². The Morgan fingerprint density at radius 3 is 2.78 bits per heavy atom. The Morgan fingerprint density at radius 2 is 2.22 bits per heavy atom. The lowest BCUT2D eigenvalue weighted by Crippen LogP contribution is -2.45. The van der Waals surface area contributed by atoms with Gasteiger partial charge < -0.3 is 10.2 Å². The summed E-state index contributed by atoms with van der Waals surface area (Å²) >= 11 is 0. The van der Waals surface area contributed by atoms with Gasteiger partial charge in [0.1, 0.15) is 6.04 Å². The molecule has 0 fully saturated rings. The summed E-state index contributed by atoms with van der Waals surface area (Å²) in [5.74, 6) is -1.56. The van der Waals surface area contributed by atoms with Crippen LogP contribution in [0.5, 0.6) is 0 Å². The fourth-order valence-electron chi connectivity index (χ4n) is 1.38. The maximum Gasteiger partial charge on any atom is 0.255 e. The molecule has 0 aliphatic carbocycles. The first-order valence-electron chi connectivity index (χ1n) is 5.62. The molecule has 1 atom stereocenters. The second kappa shape index (κ2) is 6.09. The number of amides is 2. The Balaban J connectivity index is 2.71. The van der Waals surface area contributed by atoms with Gasteiger partial charge in [0.2, 0.25) is 5.91 Å². The molecule has 0 aliphatic rings. The van der Waals surface area contributed by atoms with E-state index in [0.717, 1.165) is 6.20 Å². The molecule has 1 N–H and O–H groups in total. The highest BCUT2D eigenvalue weighted by Crippen LogP contribution is 2.04. The number of nitrogens with zero attached hydrogens (tertiary/aromatic N) is 2. The van der Waals surface area contributed by atoms with E-state index in [9.17, 15) is 14.0 Å². The van der Waals surface area contributed by atoms with Crippen molar-refractivity contribution in [2.24, 2.45) is 0 Å². The number of rotatable bonds is 4. The minimum atomic E-state index is -0.710. The minimum absolute atomic E-state index is 0.121. The molecular weight excluding hydrogens is 237 g/mol. The van der Waals surface area contributed by atoms with Crippen molar-refractivity contribution >= 4 is 11.8 Å². The van der Waals surface area contributed by atoms with E-state index >= 15 is 0 Å². The summed E-state index contributed by atoms with van der Waals surface area (Å²) in [6.45, 7) is 3.93. The number of hydrogen-bond acceptors (Lipinski definition) is 3. The number of nitrogens with one attached hydrogen (secondary N) is 1. The molecule has 18 heavy (non-hydrogen) atoms. The molecule has 1 heterocycles. The summed E-state index contributed by atoms with van der Waals surface area (Å²) in [7, 11) is 1.64. The minimum Gasteiger partial charge on any atom is -0.344 e. The second-order valence-electron chi connectivity index (χ2n) is 3.90. The third-order valence-corrected chi connectivity index (χ3v) is 2.59. The second-order valence-corrected chi connectivity index (χ2v) is 3.90. The first-order chi connectivity index (χ1) is 8.47. The van der Waals surface area contributed by atoms with Crippen molar-refractivity contribution in [1.29, 1.82) is 0 Å². The largest absolute Gasteiger partial charge is 0.344 e. The van der Waals surface area contributed by atoms with Crippen LogP contribution in [0.15, 0.2) is 18.5 Å². The Morgan fingerprint density at radius 1 is 1.56 bits per heavy atom. The zero-order chi connectivity index (χ0) is 13.7. The Kier molecular flexibility index (Phi) is 4.76. The van der Waals surface area contributed by atoms with Crippen LogP contribution in [0.1, 0.15) is 24.2 Å². The van der Waals surface area contributed by atoms with E-state index in [4.69, 9.17) is 0 Å². The van der Waals surface area contributed by atoms with Crippen LogP contribution < -0.4 is 5.32 Å². The van der Waals surface area contributed by atoms with E-state index < -0.39 is 17.8 Å². The predicted octanol–water partition coefficient (Wildman–Crippen LogP) is 0.817. The van der Waals surface area contributed by atoms with E-state index in [0.29, 0.717) is 6.54 Å². The summed E-state index contributed by atoms with van der Waals surface area (Å²) in [5.41, 5.74) is -0.121. The highest BCUT2D eigenvalue weighted by molar-refractivity contribution is 5.97. The van der Waals surface area contributed by atoms with E-state index in [-0.39, 0.29) is 11.5 Å². The molecule has 2 amide bonds. The van der Waals surface area contributed by atoms with Gasteiger partial charge in [-0.1, -0.05) is 0 Å². The van der Waals surface area contributed by atoms with Crippen molar-refractivity contribution in [3.63, 3.8) is 0 Å². The molecule has 0 saturated heterocycles. The summed E-state index contributed by atoms with van der Waals surface area (Å²) in [5, 5.41) is 2.45. The maximum absolute atomic E-state index is 13.3. The molecule has 5 nitrogen and oxygen atoms in total. The molecular formula is C12H16FN3O2. The molecule has 1 aromatic rings. The van der Waals surface area contributed by atoms with Crippen LogP contribution >= 0.6 is 0 Å². The smallest absolute Gasteiger partial charge is 0.255 e. The zero-order valence-corrected chi connectivity index (χ0v) is 10.6. The van der Waals surface area contributed by atoms with Crippen LogP contribution in [0.25, 0.3) is 0 Å². The normalized spacial score (nSPS) is 11.8. The maximum atomic E-state index is 13.3. The summed E-state index contributed by atoms with van der Waals surface area (Å²) in [4.78, 5) is 28.5. The standard InChI is InChI=1S/C12H16FN3O2/c1-4-16(3)12(18)8(2)15-11(17)9-5-6-14-7-10(9)13/h5-8H,4H2,1-3H3,(H,15,17). The van der Waals surface area contributed by atoms with Gasteiger partial charge in [0, 0.05) is 19.8 Å². The first kappa shape index (κ1) is 14.1. The molecule has 0 radical (unpaired) electrons. The summed E-state index contributed by atoms with van der Waals surface area (Å²) < 4.78 is 13.3. The van der Waals surface area contributed by atoms with Crippen molar-refractivity contribution in [2.45, 2.75) is 19.9 Å². The predicted molar refractivity (Wildman–Crippen MR) is 64.4 cm³/mol. The molecule has 6 heteroatoms. The number of carbonyl (C=O) groups is 2. The van der Waals surface area contributed by atoms with Gasteiger partial charge in [-0.15, -0.1) is 0 Å². The lowest BCUT2D eigenvalue weighted by molar-refractivity contribution is -0.131. The van der Waals surface area contributed by atoms with Gasteiger partial charge >= 0.3 is 0 Å². The van der Waals surface area contributed by atoms with E-state index in [1.54, 1.807) is 14.0 Å². The molecule has 1 aromatic heterocycles. The molecule has 98 valence electrons. The highest BCUT2D eigenvalue weighted by atomic mass is 19.1. The van der Waals surface area contributed by atoms with Gasteiger partial charge in [-0.3, -0.25) is 14.6 Å². The van der Waals surface area contributed by atoms with Crippen molar-refractivity contribution in [1.82, 2.24) is 15.2 Å². The van der Waals surface area contributed by atoms with Crippen LogP contribution in [-0.2, 0) is 4.79 Å². The Hall–Kier alpha value is -1.98. The fourth-order valence-corrected chi connectivity index (χ4v) is 1.38. The van der Waals surface area contributed by atoms with Gasteiger partial charge in [-0.05, 0) is 19.9 Å². The number of aromatic nitrogens is 1. The third kappa shape index (κ3) is 3.26. The van der Waals surface area contributed by atoms with E-state index in [2.05, 4.69) is 10.3 Å². The number of hydrogen-bond donors (Lipinski definition) is 1. The van der Waals surface area contributed by atoms with Crippen LogP contribution in [-0.4, -0.2) is 41.3 Å². The van der Waals surface area contributed by atoms with Gasteiger partial charge in [0.25, 0.3) is 5.91 Å². The molecule has 0 bridgehead atoms. The van der Waals surface area contributed by atoms with Crippen LogP contribution in [0, 0.1) is 5.82 Å². The third-order valence-electron chi connectivity index (χ3n) is 2.59. The molecule has 0 spiro atoms. The highest BCUT2D eigenvalue weighted by Gasteiger charge is 2.20. The number of pyridine rings is 1. The number of halogens is 1. The zero-order valence-electron chi connectivity index (χ0n) is 10.6. The monoisotopic (exact) mass is 253 g/mol. The number of carbonyl (C=O) groups excluding carboxylic acids is 2. The average molecular weight is 253 g/mol. The van der Waals surface area contributed by atoms with Crippen molar-refractivity contribution in [3.8, 4) is 0 Å². The van der Waals surface area contributed by atoms with Crippen LogP contribution in [0.4, 0.5) is 4.39 Å². The van der Waals surface area contributed by atoms with Crippen LogP contribution in [0.2, 0.25) is 0 Å². The van der Waals surface area contributed by atoms with Gasteiger partial charge in [0.05, 0.1) is 11.8 Å².